The van der Waals surface area contributed by atoms with E-state index in [-0.39, 0.29) is 18.1 Å². The minimum Gasteiger partial charge on any atom is -0.331 e. The van der Waals surface area contributed by atoms with Crippen LogP contribution in [0.25, 0.3) is 0 Å². The molecule has 0 radical (unpaired) electrons. The SMILES string of the molecule is C[C@H](NC(=O)N(Cc1ccccc1Cl)C1CCN(C)CC1)c1cccc(Cl)c1Cl. The zero-order valence-corrected chi connectivity index (χ0v) is 18.9. The molecule has 1 saturated heterocycles. The van der Waals surface area contributed by atoms with Crippen LogP contribution >= 0.6 is 34.8 Å². The van der Waals surface area contributed by atoms with Gasteiger partial charge in [-0.25, -0.2) is 4.79 Å². The molecule has 0 unspecified atom stereocenters. The van der Waals surface area contributed by atoms with Crippen molar-refractivity contribution in [2.45, 2.75) is 38.4 Å². The van der Waals surface area contributed by atoms with Gasteiger partial charge in [0.15, 0.2) is 0 Å². The predicted molar refractivity (Wildman–Crippen MR) is 121 cm³/mol. The van der Waals surface area contributed by atoms with E-state index < -0.39 is 0 Å². The molecule has 0 aromatic heterocycles. The van der Waals surface area contributed by atoms with Gasteiger partial charge in [-0.15, -0.1) is 0 Å². The molecule has 2 aromatic rings. The number of carbonyl (C=O) groups is 1. The van der Waals surface area contributed by atoms with E-state index in [0.717, 1.165) is 37.1 Å². The van der Waals surface area contributed by atoms with Gasteiger partial charge in [0.05, 0.1) is 16.1 Å². The van der Waals surface area contributed by atoms with Crippen LogP contribution in [0.15, 0.2) is 42.5 Å². The third-order valence-electron chi connectivity index (χ3n) is 5.48. The van der Waals surface area contributed by atoms with Crippen molar-refractivity contribution in [1.29, 1.82) is 0 Å². The Bertz CT molecular complexity index is 853. The first-order chi connectivity index (χ1) is 13.9. The van der Waals surface area contributed by atoms with Gasteiger partial charge in [0, 0.05) is 17.6 Å². The number of halogens is 3. The lowest BCUT2D eigenvalue weighted by molar-refractivity contribution is 0.125. The first-order valence-corrected chi connectivity index (χ1v) is 10.9. The second-order valence-corrected chi connectivity index (χ2v) is 8.76. The highest BCUT2D eigenvalue weighted by atomic mass is 35.5. The summed E-state index contributed by atoms with van der Waals surface area (Å²) in [7, 11) is 2.11. The van der Waals surface area contributed by atoms with E-state index in [9.17, 15) is 4.79 Å². The largest absolute Gasteiger partial charge is 0.331 e. The van der Waals surface area contributed by atoms with Gasteiger partial charge < -0.3 is 15.1 Å². The topological polar surface area (TPSA) is 35.6 Å². The van der Waals surface area contributed by atoms with Gasteiger partial charge in [0.2, 0.25) is 0 Å². The lowest BCUT2D eigenvalue weighted by Crippen LogP contribution is -2.50. The molecule has 1 aliphatic heterocycles. The van der Waals surface area contributed by atoms with Crippen molar-refractivity contribution in [2.75, 3.05) is 20.1 Å². The van der Waals surface area contributed by atoms with Crippen LogP contribution in [0, 0.1) is 0 Å². The van der Waals surface area contributed by atoms with Crippen LogP contribution in [-0.2, 0) is 6.54 Å². The summed E-state index contributed by atoms with van der Waals surface area (Å²) in [6.45, 7) is 4.31. The number of nitrogens with zero attached hydrogens (tertiary/aromatic N) is 2. The second-order valence-electron chi connectivity index (χ2n) is 7.57. The van der Waals surface area contributed by atoms with E-state index >= 15 is 0 Å². The Hall–Kier alpha value is -1.46. The quantitative estimate of drug-likeness (QED) is 0.600. The third-order valence-corrected chi connectivity index (χ3v) is 6.68. The summed E-state index contributed by atoms with van der Waals surface area (Å²) >= 11 is 18.9. The van der Waals surface area contributed by atoms with Crippen molar-refractivity contribution in [3.63, 3.8) is 0 Å². The molecule has 1 fully saturated rings. The zero-order valence-electron chi connectivity index (χ0n) is 16.7. The number of hydrogen-bond acceptors (Lipinski definition) is 2. The van der Waals surface area contributed by atoms with E-state index in [4.69, 9.17) is 34.8 Å². The Morgan fingerprint density at radius 2 is 1.76 bits per heavy atom. The fourth-order valence-corrected chi connectivity index (χ4v) is 4.35. The molecule has 2 aromatic carbocycles. The number of carbonyl (C=O) groups excluding carboxylic acids is 1. The van der Waals surface area contributed by atoms with E-state index in [1.165, 1.54) is 0 Å². The van der Waals surface area contributed by atoms with Gasteiger partial charge in [0.25, 0.3) is 0 Å². The Morgan fingerprint density at radius 1 is 1.10 bits per heavy atom. The molecule has 0 spiro atoms. The average molecular weight is 455 g/mol. The molecule has 29 heavy (non-hydrogen) atoms. The van der Waals surface area contributed by atoms with Gasteiger partial charge in [-0.1, -0.05) is 65.1 Å². The van der Waals surface area contributed by atoms with Gasteiger partial charge in [0.1, 0.15) is 0 Å². The Kier molecular flexibility index (Phi) is 7.69. The van der Waals surface area contributed by atoms with Crippen LogP contribution in [0.2, 0.25) is 15.1 Å². The Labute approximate surface area is 187 Å². The van der Waals surface area contributed by atoms with Crippen molar-refractivity contribution < 1.29 is 4.79 Å². The molecule has 4 nitrogen and oxygen atoms in total. The maximum Gasteiger partial charge on any atom is 0.318 e. The molecule has 1 atom stereocenters. The maximum atomic E-state index is 13.3. The molecular weight excluding hydrogens is 429 g/mol. The van der Waals surface area contributed by atoms with Gasteiger partial charge in [-0.05, 0) is 63.2 Å². The van der Waals surface area contributed by atoms with Crippen molar-refractivity contribution >= 4 is 40.8 Å². The number of hydrogen-bond donors (Lipinski definition) is 1. The molecule has 1 aliphatic rings. The standard InChI is InChI=1S/C22H26Cl3N3O/c1-15(18-7-5-9-20(24)21(18)25)26-22(29)28(17-10-12-27(2)13-11-17)14-16-6-3-4-8-19(16)23/h3-9,15,17H,10-14H2,1-2H3,(H,26,29)/t15-/m0/s1. The Morgan fingerprint density at radius 3 is 2.45 bits per heavy atom. The lowest BCUT2D eigenvalue weighted by atomic mass is 10.0. The Balaban J connectivity index is 1.79. The number of urea groups is 1. The molecule has 0 saturated carbocycles. The lowest BCUT2D eigenvalue weighted by Gasteiger charge is -2.38. The first kappa shape index (κ1) is 22.2. The molecule has 1 heterocycles. The molecular formula is C22H26Cl3N3O. The van der Waals surface area contributed by atoms with Crippen LogP contribution in [0.1, 0.15) is 36.9 Å². The molecule has 0 aliphatic carbocycles. The van der Waals surface area contributed by atoms with Crippen LogP contribution in [0.3, 0.4) is 0 Å². The first-order valence-electron chi connectivity index (χ1n) is 9.79. The summed E-state index contributed by atoms with van der Waals surface area (Å²) < 4.78 is 0. The average Bonchev–Trinajstić information content (AvgIpc) is 2.70. The van der Waals surface area contributed by atoms with Crippen LogP contribution in [-0.4, -0.2) is 42.0 Å². The normalized spacial score (nSPS) is 16.4. The highest BCUT2D eigenvalue weighted by molar-refractivity contribution is 6.42. The van der Waals surface area contributed by atoms with Gasteiger partial charge in [-0.2, -0.15) is 0 Å². The summed E-state index contributed by atoms with van der Waals surface area (Å²) in [6, 6.07) is 12.9. The van der Waals surface area contributed by atoms with E-state index in [0.29, 0.717) is 21.6 Å². The third kappa shape index (κ3) is 5.58. The molecule has 7 heteroatoms. The van der Waals surface area contributed by atoms with Crippen LogP contribution in [0.5, 0.6) is 0 Å². The monoisotopic (exact) mass is 453 g/mol. The van der Waals surface area contributed by atoms with Gasteiger partial charge >= 0.3 is 6.03 Å². The van der Waals surface area contributed by atoms with Crippen LogP contribution < -0.4 is 5.32 Å². The van der Waals surface area contributed by atoms with E-state index in [2.05, 4.69) is 17.3 Å². The number of benzene rings is 2. The predicted octanol–water partition coefficient (Wildman–Crippen LogP) is 6.01. The molecule has 3 rings (SSSR count). The number of piperidine rings is 1. The maximum absolute atomic E-state index is 13.3. The highest BCUT2D eigenvalue weighted by Gasteiger charge is 2.28. The van der Waals surface area contributed by atoms with Crippen molar-refractivity contribution in [3.8, 4) is 0 Å². The summed E-state index contributed by atoms with van der Waals surface area (Å²) in [5.74, 6) is 0. The van der Waals surface area contributed by atoms with E-state index in [1.807, 2.05) is 48.2 Å². The van der Waals surface area contributed by atoms with Crippen molar-refractivity contribution in [2.24, 2.45) is 0 Å². The fraction of sp³-hybridized carbons (Fsp3) is 0.409. The smallest absolute Gasteiger partial charge is 0.318 e. The molecule has 156 valence electrons. The van der Waals surface area contributed by atoms with E-state index in [1.54, 1.807) is 6.07 Å². The minimum absolute atomic E-state index is 0.122. The summed E-state index contributed by atoms with van der Waals surface area (Å²) in [5.41, 5.74) is 1.74. The summed E-state index contributed by atoms with van der Waals surface area (Å²) in [6.07, 6.45) is 1.86. The highest BCUT2D eigenvalue weighted by Crippen LogP contribution is 2.30. The van der Waals surface area contributed by atoms with Crippen LogP contribution in [0.4, 0.5) is 4.79 Å². The van der Waals surface area contributed by atoms with Gasteiger partial charge in [-0.3, -0.25) is 0 Å². The van der Waals surface area contributed by atoms with Crippen molar-refractivity contribution in [3.05, 3.63) is 68.7 Å². The number of likely N-dealkylation sites (tertiary alicyclic amines) is 1. The number of nitrogens with one attached hydrogen (secondary N) is 1. The fourth-order valence-electron chi connectivity index (χ4n) is 3.68. The number of amides is 2. The minimum atomic E-state index is -0.270. The summed E-state index contributed by atoms with van der Waals surface area (Å²) in [5, 5.41) is 4.72. The molecule has 2 amide bonds. The van der Waals surface area contributed by atoms with Crippen molar-refractivity contribution in [1.82, 2.24) is 15.1 Å². The molecule has 1 N–H and O–H groups in total. The second kappa shape index (κ2) is 10.0. The molecule has 0 bridgehead atoms. The summed E-state index contributed by atoms with van der Waals surface area (Å²) in [4.78, 5) is 17.5. The number of rotatable bonds is 5. The zero-order chi connectivity index (χ0) is 21.0.